The number of hydrogen-bond acceptors (Lipinski definition) is 1. The highest BCUT2D eigenvalue weighted by Crippen LogP contribution is 2.15. The number of carbonyl (C=O) groups excluding carboxylic acids is 1. The highest BCUT2D eigenvalue weighted by molar-refractivity contribution is 6.05. The molecule has 0 aromatic heterocycles. The zero-order valence-electron chi connectivity index (χ0n) is 12.6. The van der Waals surface area contributed by atoms with Gasteiger partial charge in [0.15, 0.2) is 0 Å². The van der Waals surface area contributed by atoms with Crippen LogP contribution in [0.3, 0.4) is 0 Å². The van der Waals surface area contributed by atoms with Crippen molar-refractivity contribution in [1.82, 2.24) is 0 Å². The summed E-state index contributed by atoms with van der Waals surface area (Å²) in [5.41, 5.74) is 2.62. The highest BCUT2D eigenvalue weighted by Gasteiger charge is 2.16. The first kappa shape index (κ1) is 17.7. The molecule has 2 aromatic carbocycles. The lowest BCUT2D eigenvalue weighted by Gasteiger charge is -2.25. The molecule has 0 aliphatic carbocycles. The third kappa shape index (κ3) is 5.47. The Labute approximate surface area is 143 Å². The molecule has 0 heterocycles. The Morgan fingerprint density at radius 2 is 1.52 bits per heavy atom. The molecule has 2 rings (SSSR count). The first-order valence-corrected chi connectivity index (χ1v) is 6.70. The molecule has 21 heavy (non-hydrogen) atoms. The number of rotatable bonds is 4. The van der Waals surface area contributed by atoms with Gasteiger partial charge in [-0.3, -0.25) is 4.79 Å². The van der Waals surface area contributed by atoms with Gasteiger partial charge in [0, 0.05) is 16.8 Å². The van der Waals surface area contributed by atoms with Crippen LogP contribution in [0.4, 0.5) is 5.69 Å². The monoisotopic (exact) mass is 396 g/mol. The Morgan fingerprint density at radius 1 is 0.952 bits per heavy atom. The number of quaternary nitrogens is 1. The summed E-state index contributed by atoms with van der Waals surface area (Å²) in [7, 11) is 6.35. The van der Waals surface area contributed by atoms with E-state index in [0.29, 0.717) is 0 Å². The van der Waals surface area contributed by atoms with Crippen LogP contribution in [-0.4, -0.2) is 31.5 Å². The Hall–Kier alpha value is -1.40. The first-order chi connectivity index (χ1) is 9.46. The van der Waals surface area contributed by atoms with Gasteiger partial charge in [-0.2, -0.15) is 0 Å². The summed E-state index contributed by atoms with van der Waals surface area (Å²) in [5.74, 6) is -0.0553. The molecule has 0 aliphatic heterocycles. The summed E-state index contributed by atoms with van der Waals surface area (Å²) in [6.45, 7) is 0.818. The number of hydrogen-bond donors (Lipinski definition) is 1. The predicted molar refractivity (Wildman–Crippen MR) is 82.6 cm³/mol. The van der Waals surface area contributed by atoms with Gasteiger partial charge in [-0.25, -0.2) is 0 Å². The quantitative estimate of drug-likeness (QED) is 0.579. The van der Waals surface area contributed by atoms with Crippen LogP contribution >= 0.6 is 0 Å². The third-order valence-corrected chi connectivity index (χ3v) is 2.94. The second-order valence-corrected chi connectivity index (χ2v) is 5.93. The highest BCUT2D eigenvalue weighted by atomic mass is 127. The van der Waals surface area contributed by atoms with Crippen LogP contribution in [0.25, 0.3) is 0 Å². The molecule has 1 N–H and O–H groups in total. The minimum absolute atomic E-state index is 0. The first-order valence-electron chi connectivity index (χ1n) is 6.70. The molecule has 1 amide bonds. The molecule has 0 bridgehead atoms. The molecule has 0 aliphatic rings. The second kappa shape index (κ2) is 7.56. The van der Waals surface area contributed by atoms with Crippen LogP contribution in [0.2, 0.25) is 0 Å². The molecule has 0 saturated heterocycles. The Morgan fingerprint density at radius 3 is 2.14 bits per heavy atom. The standard InChI is InChI=1S/C17H20N2O.HI/c1-19(2,3)13-14-9-7-8-12-16(14)17(20)18-15-10-5-4-6-11-15;/h4-12H,13H2,1-3H3;1H. The van der Waals surface area contributed by atoms with Crippen molar-refractivity contribution >= 4 is 11.6 Å². The fourth-order valence-electron chi connectivity index (χ4n) is 2.11. The van der Waals surface area contributed by atoms with Crippen LogP contribution in [0.1, 0.15) is 15.9 Å². The van der Waals surface area contributed by atoms with Gasteiger partial charge >= 0.3 is 0 Å². The molecule has 0 unspecified atom stereocenters. The van der Waals surface area contributed by atoms with E-state index < -0.39 is 0 Å². The Balaban J connectivity index is 0.00000220. The van der Waals surface area contributed by atoms with E-state index in [1.54, 1.807) is 0 Å². The van der Waals surface area contributed by atoms with Gasteiger partial charge in [0.05, 0.1) is 21.1 Å². The van der Waals surface area contributed by atoms with Crippen molar-refractivity contribution in [2.45, 2.75) is 6.54 Å². The van der Waals surface area contributed by atoms with E-state index in [-0.39, 0.29) is 29.9 Å². The second-order valence-electron chi connectivity index (χ2n) is 5.93. The van der Waals surface area contributed by atoms with Crippen molar-refractivity contribution < 1.29 is 33.3 Å². The molecule has 3 nitrogen and oxygen atoms in total. The molecular weight excluding hydrogens is 375 g/mol. The molecule has 0 fully saturated rings. The number of carbonyl (C=O) groups is 1. The third-order valence-electron chi connectivity index (χ3n) is 2.94. The van der Waals surface area contributed by atoms with E-state index in [2.05, 4.69) is 26.5 Å². The van der Waals surface area contributed by atoms with Crippen molar-refractivity contribution in [3.8, 4) is 0 Å². The van der Waals surface area contributed by atoms with Crippen molar-refractivity contribution in [1.29, 1.82) is 0 Å². The number of nitrogens with zero attached hydrogens (tertiary/aromatic N) is 1. The number of anilines is 1. The number of benzene rings is 2. The summed E-state index contributed by atoms with van der Waals surface area (Å²) in [4.78, 5) is 12.4. The minimum atomic E-state index is -0.0553. The number of nitrogens with one attached hydrogen (secondary N) is 1. The molecule has 0 saturated carbocycles. The van der Waals surface area contributed by atoms with Crippen molar-refractivity contribution in [2.24, 2.45) is 0 Å². The zero-order chi connectivity index (χ0) is 14.6. The number of amides is 1. The van der Waals surface area contributed by atoms with Crippen molar-refractivity contribution in [3.05, 3.63) is 65.7 Å². The predicted octanol–water partition coefficient (Wildman–Crippen LogP) is 0.149. The van der Waals surface area contributed by atoms with Gasteiger partial charge in [-0.05, 0) is 18.2 Å². The van der Waals surface area contributed by atoms with Crippen LogP contribution < -0.4 is 29.3 Å². The summed E-state index contributed by atoms with van der Waals surface area (Å²) in [5, 5.41) is 2.94. The molecule has 0 radical (unpaired) electrons. The molecule has 0 spiro atoms. The fourth-order valence-corrected chi connectivity index (χ4v) is 2.11. The van der Waals surface area contributed by atoms with Gasteiger partial charge in [0.25, 0.3) is 5.91 Å². The van der Waals surface area contributed by atoms with E-state index in [1.165, 1.54) is 0 Å². The maximum absolute atomic E-state index is 12.4. The van der Waals surface area contributed by atoms with Gasteiger partial charge in [0.1, 0.15) is 6.54 Å². The van der Waals surface area contributed by atoms with Gasteiger partial charge in [-0.1, -0.05) is 36.4 Å². The van der Waals surface area contributed by atoms with Gasteiger partial charge < -0.3 is 33.8 Å². The fraction of sp³-hybridized carbons (Fsp3) is 0.235. The van der Waals surface area contributed by atoms with Crippen LogP contribution in [-0.2, 0) is 6.54 Å². The summed E-state index contributed by atoms with van der Waals surface area (Å²) < 4.78 is 0.787. The number of para-hydroxylation sites is 1. The lowest BCUT2D eigenvalue weighted by molar-refractivity contribution is -0.884. The van der Waals surface area contributed by atoms with Gasteiger partial charge in [0.2, 0.25) is 0 Å². The molecule has 2 aromatic rings. The SMILES string of the molecule is C[N+](C)(C)Cc1ccccc1C(=O)Nc1ccccc1.[I-]. The van der Waals surface area contributed by atoms with Crippen molar-refractivity contribution in [2.75, 3.05) is 26.5 Å². The largest absolute Gasteiger partial charge is 1.00 e. The average Bonchev–Trinajstić information content (AvgIpc) is 2.38. The topological polar surface area (TPSA) is 29.1 Å². The summed E-state index contributed by atoms with van der Waals surface area (Å²) >= 11 is 0. The Bertz CT molecular complexity index is 591. The van der Waals surface area contributed by atoms with Crippen LogP contribution in [0, 0.1) is 0 Å². The maximum Gasteiger partial charge on any atom is 0.256 e. The van der Waals surface area contributed by atoms with E-state index in [0.717, 1.165) is 27.8 Å². The van der Waals surface area contributed by atoms with Crippen LogP contribution in [0.5, 0.6) is 0 Å². The maximum atomic E-state index is 12.4. The normalized spacial score (nSPS) is 10.6. The minimum Gasteiger partial charge on any atom is -1.00 e. The molecular formula is C17H21IN2O. The average molecular weight is 396 g/mol. The zero-order valence-corrected chi connectivity index (χ0v) is 14.8. The molecule has 112 valence electrons. The smallest absolute Gasteiger partial charge is 0.256 e. The lowest BCUT2D eigenvalue weighted by atomic mass is 10.1. The Kier molecular flexibility index (Phi) is 6.36. The van der Waals surface area contributed by atoms with Gasteiger partial charge in [-0.15, -0.1) is 0 Å². The van der Waals surface area contributed by atoms with Crippen molar-refractivity contribution in [3.63, 3.8) is 0 Å². The summed E-state index contributed by atoms with van der Waals surface area (Å²) in [6.07, 6.45) is 0. The van der Waals surface area contributed by atoms with E-state index in [4.69, 9.17) is 0 Å². The van der Waals surface area contributed by atoms with E-state index in [1.807, 2.05) is 54.6 Å². The molecule has 4 heteroatoms. The lowest BCUT2D eigenvalue weighted by Crippen LogP contribution is -3.00. The van der Waals surface area contributed by atoms with Crippen LogP contribution in [0.15, 0.2) is 54.6 Å². The van der Waals surface area contributed by atoms with E-state index in [9.17, 15) is 4.79 Å². The summed E-state index contributed by atoms with van der Waals surface area (Å²) in [6, 6.07) is 17.3. The molecule has 0 atom stereocenters. The van der Waals surface area contributed by atoms with E-state index >= 15 is 0 Å². The number of halogens is 1.